The molecule has 0 aliphatic rings. The first kappa shape index (κ1) is 24.8. The lowest BCUT2D eigenvalue weighted by molar-refractivity contribution is -0.134. The van der Waals surface area contributed by atoms with Crippen LogP contribution in [0.1, 0.15) is 11.1 Å². The van der Waals surface area contributed by atoms with E-state index < -0.39 is 48.8 Å². The van der Waals surface area contributed by atoms with E-state index in [1.807, 2.05) is 0 Å². The number of aliphatic hydroxyl groups excluding tert-OH is 6. The lowest BCUT2D eigenvalue weighted by Gasteiger charge is -2.29. The average Bonchev–Trinajstić information content (AvgIpc) is 2.78. The fraction of sp³-hybridized carbons (Fsp3) is 0.348. The van der Waals surface area contributed by atoms with E-state index in [2.05, 4.69) is 5.73 Å². The van der Waals surface area contributed by atoms with Crippen LogP contribution in [0.25, 0.3) is 0 Å². The van der Waals surface area contributed by atoms with Crippen molar-refractivity contribution in [1.29, 1.82) is 0 Å². The predicted molar refractivity (Wildman–Crippen MR) is 109 cm³/mol. The molecule has 0 saturated heterocycles. The van der Waals surface area contributed by atoms with Crippen LogP contribution < -0.4 is 0 Å². The number of benzene rings is 2. The maximum absolute atomic E-state index is 14.1. The zero-order chi connectivity index (χ0) is 23.0. The maximum atomic E-state index is 14.1. The average molecular weight is 436 g/mol. The third-order valence-electron chi connectivity index (χ3n) is 4.87. The minimum Gasteiger partial charge on any atom is -0.394 e. The van der Waals surface area contributed by atoms with Crippen molar-refractivity contribution in [3.8, 4) is 0 Å². The highest BCUT2D eigenvalue weighted by Gasteiger charge is 2.35. The standard InChI is InChI=1S/C23H26F2O6/c24-17-10-3-1-6-14(17)8-5-9-16(12-15-7-2-4-11-18(15)25)20(28)22(30)23(31)21(29)19(27)13-26/h1-7,10-11,19-23,26-31H,8,12-13H2/t9?,19-,20?,21+,22+,23-/m0/s1. The Hall–Kier alpha value is -2.42. The van der Waals surface area contributed by atoms with Crippen molar-refractivity contribution >= 4 is 0 Å². The smallest absolute Gasteiger partial charge is 0.126 e. The van der Waals surface area contributed by atoms with Gasteiger partial charge in [-0.15, -0.1) is 5.73 Å². The molecule has 1 unspecified atom stereocenters. The van der Waals surface area contributed by atoms with Crippen LogP contribution in [-0.4, -0.2) is 67.8 Å². The molecule has 0 fully saturated rings. The van der Waals surface area contributed by atoms with E-state index in [0.29, 0.717) is 5.56 Å². The topological polar surface area (TPSA) is 121 Å². The molecule has 0 amide bonds. The molecule has 6 N–H and O–H groups in total. The van der Waals surface area contributed by atoms with Crippen molar-refractivity contribution in [3.05, 3.63) is 88.7 Å². The summed E-state index contributed by atoms with van der Waals surface area (Å²) in [6.07, 6.45) is -8.16. The molecule has 0 bridgehead atoms. The Bertz CT molecular complexity index is 912. The summed E-state index contributed by atoms with van der Waals surface area (Å²) in [7, 11) is 0. The van der Waals surface area contributed by atoms with Gasteiger partial charge in [-0.2, -0.15) is 0 Å². The number of halogens is 2. The maximum Gasteiger partial charge on any atom is 0.126 e. The number of hydrogen-bond donors (Lipinski definition) is 6. The van der Waals surface area contributed by atoms with Gasteiger partial charge in [0.2, 0.25) is 0 Å². The van der Waals surface area contributed by atoms with E-state index >= 15 is 0 Å². The molecule has 0 aliphatic carbocycles. The van der Waals surface area contributed by atoms with Crippen molar-refractivity contribution in [1.82, 2.24) is 0 Å². The molecule has 0 aliphatic heterocycles. The fourth-order valence-electron chi connectivity index (χ4n) is 2.97. The van der Waals surface area contributed by atoms with Gasteiger partial charge in [0.25, 0.3) is 0 Å². The second-order valence-electron chi connectivity index (χ2n) is 7.10. The quantitative estimate of drug-likeness (QED) is 0.304. The molecular formula is C23H26F2O6. The van der Waals surface area contributed by atoms with E-state index in [1.165, 1.54) is 36.4 Å². The van der Waals surface area contributed by atoms with Crippen molar-refractivity contribution in [2.45, 2.75) is 43.4 Å². The normalized spacial score (nSPS) is 16.0. The lowest BCUT2D eigenvalue weighted by Crippen LogP contribution is -2.50. The first-order valence-corrected chi connectivity index (χ1v) is 9.68. The Labute approximate surface area is 178 Å². The monoisotopic (exact) mass is 436 g/mol. The molecule has 0 radical (unpaired) electrons. The summed E-state index contributed by atoms with van der Waals surface area (Å²) < 4.78 is 27.9. The summed E-state index contributed by atoms with van der Waals surface area (Å²) in [6, 6.07) is 11.8. The van der Waals surface area contributed by atoms with Gasteiger partial charge < -0.3 is 30.6 Å². The molecular weight excluding hydrogens is 410 g/mol. The summed E-state index contributed by atoms with van der Waals surface area (Å²) in [5.74, 6) is -0.998. The van der Waals surface area contributed by atoms with Crippen LogP contribution in [0.3, 0.4) is 0 Å². The summed E-state index contributed by atoms with van der Waals surface area (Å²) in [6.45, 7) is -0.874. The van der Waals surface area contributed by atoms with E-state index in [4.69, 9.17) is 5.11 Å². The van der Waals surface area contributed by atoms with Gasteiger partial charge in [0.15, 0.2) is 0 Å². The van der Waals surface area contributed by atoms with Crippen molar-refractivity contribution < 1.29 is 39.4 Å². The van der Waals surface area contributed by atoms with Crippen LogP contribution in [0, 0.1) is 11.6 Å². The predicted octanol–water partition coefficient (Wildman–Crippen LogP) is 0.628. The van der Waals surface area contributed by atoms with Crippen LogP contribution in [0.15, 0.2) is 65.9 Å². The van der Waals surface area contributed by atoms with E-state index in [-0.39, 0.29) is 24.0 Å². The van der Waals surface area contributed by atoms with Gasteiger partial charge in [-0.25, -0.2) is 8.78 Å². The highest BCUT2D eigenvalue weighted by Crippen LogP contribution is 2.19. The Morgan fingerprint density at radius 1 is 0.806 bits per heavy atom. The van der Waals surface area contributed by atoms with Crippen LogP contribution >= 0.6 is 0 Å². The molecule has 168 valence electrons. The molecule has 0 heterocycles. The van der Waals surface area contributed by atoms with Gasteiger partial charge in [-0.05, 0) is 29.3 Å². The number of aliphatic hydroxyl groups is 6. The largest absolute Gasteiger partial charge is 0.394 e. The van der Waals surface area contributed by atoms with Crippen molar-refractivity contribution in [2.24, 2.45) is 0 Å². The Kier molecular flexibility index (Phi) is 9.48. The Morgan fingerprint density at radius 3 is 1.90 bits per heavy atom. The van der Waals surface area contributed by atoms with Gasteiger partial charge in [-0.3, -0.25) is 0 Å². The van der Waals surface area contributed by atoms with Crippen molar-refractivity contribution in [2.75, 3.05) is 6.61 Å². The highest BCUT2D eigenvalue weighted by molar-refractivity contribution is 5.27. The van der Waals surface area contributed by atoms with Crippen LogP contribution in [0.4, 0.5) is 8.78 Å². The highest BCUT2D eigenvalue weighted by atomic mass is 19.1. The van der Waals surface area contributed by atoms with Gasteiger partial charge in [0.05, 0.1) is 6.61 Å². The van der Waals surface area contributed by atoms with E-state index in [9.17, 15) is 34.3 Å². The van der Waals surface area contributed by atoms with Gasteiger partial charge >= 0.3 is 0 Å². The number of hydrogen-bond acceptors (Lipinski definition) is 6. The van der Waals surface area contributed by atoms with Crippen LogP contribution in [-0.2, 0) is 12.8 Å². The first-order valence-electron chi connectivity index (χ1n) is 9.68. The third-order valence-corrected chi connectivity index (χ3v) is 4.87. The molecule has 0 aromatic heterocycles. The molecule has 8 heteroatoms. The lowest BCUT2D eigenvalue weighted by atomic mass is 9.92. The van der Waals surface area contributed by atoms with Crippen molar-refractivity contribution in [3.63, 3.8) is 0 Å². The summed E-state index contributed by atoms with van der Waals surface area (Å²) in [5, 5.41) is 59.1. The van der Waals surface area contributed by atoms with E-state index in [1.54, 1.807) is 18.2 Å². The van der Waals surface area contributed by atoms with Crippen LogP contribution in [0.2, 0.25) is 0 Å². The molecule has 5 atom stereocenters. The molecule has 0 saturated carbocycles. The Balaban J connectivity index is 2.33. The fourth-order valence-corrected chi connectivity index (χ4v) is 2.97. The second kappa shape index (κ2) is 11.8. The minimum atomic E-state index is -2.01. The van der Waals surface area contributed by atoms with Gasteiger partial charge in [0.1, 0.15) is 42.2 Å². The van der Waals surface area contributed by atoms with Crippen LogP contribution in [0.5, 0.6) is 0 Å². The Morgan fingerprint density at radius 2 is 1.35 bits per heavy atom. The van der Waals surface area contributed by atoms with E-state index in [0.717, 1.165) is 0 Å². The summed E-state index contributed by atoms with van der Waals surface area (Å²) in [4.78, 5) is 0. The minimum absolute atomic E-state index is 0.0290. The molecule has 2 aromatic carbocycles. The molecule has 6 nitrogen and oxygen atoms in total. The summed E-state index contributed by atoms with van der Waals surface area (Å²) in [5.41, 5.74) is 3.24. The molecule has 2 aromatic rings. The number of rotatable bonds is 10. The molecule has 0 spiro atoms. The zero-order valence-corrected chi connectivity index (χ0v) is 16.6. The third kappa shape index (κ3) is 6.78. The first-order chi connectivity index (χ1) is 14.8. The van der Waals surface area contributed by atoms with Gasteiger partial charge in [0, 0.05) is 18.4 Å². The SMILES string of the molecule is OC[C@H](O)[C@@H](O)[C@H](O)[C@H](O)C(O)C(=C=CCc1ccccc1F)Cc1ccccc1F. The zero-order valence-electron chi connectivity index (χ0n) is 16.6. The summed E-state index contributed by atoms with van der Waals surface area (Å²) >= 11 is 0. The molecule has 2 rings (SSSR count). The second-order valence-corrected chi connectivity index (χ2v) is 7.10. The molecule has 31 heavy (non-hydrogen) atoms. The van der Waals surface area contributed by atoms with Gasteiger partial charge in [-0.1, -0.05) is 36.4 Å².